The molecule has 0 radical (unpaired) electrons. The van der Waals surface area contributed by atoms with Gasteiger partial charge in [-0.2, -0.15) is 0 Å². The fraction of sp³-hybridized carbons (Fsp3) is 0.364. The molecule has 0 aliphatic heterocycles. The van der Waals surface area contributed by atoms with E-state index < -0.39 is 0 Å². The van der Waals surface area contributed by atoms with Crippen LogP contribution in [0.25, 0.3) is 0 Å². The van der Waals surface area contributed by atoms with E-state index in [1.807, 2.05) is 24.3 Å². The van der Waals surface area contributed by atoms with Crippen LogP contribution < -0.4 is 15.4 Å². The lowest BCUT2D eigenvalue weighted by atomic mass is 10.1. The Balaban J connectivity index is 0.00000450. The fourth-order valence-corrected chi connectivity index (χ4v) is 3.31. The predicted molar refractivity (Wildman–Crippen MR) is 136 cm³/mol. The lowest BCUT2D eigenvalue weighted by Crippen LogP contribution is -2.36. The number of ether oxygens (including phenoxy) is 1. The third kappa shape index (κ3) is 8.43. The van der Waals surface area contributed by atoms with Crippen LogP contribution in [0.15, 0.2) is 52.4 Å². The quantitative estimate of drug-likeness (QED) is 0.231. The minimum atomic E-state index is -0.0705. The van der Waals surface area contributed by atoms with Crippen LogP contribution in [-0.2, 0) is 17.9 Å². The summed E-state index contributed by atoms with van der Waals surface area (Å²) in [4.78, 5) is 18.8. The SMILES string of the molecule is CN=C(NCc1cccc(OCC(=O)N(C)C)c1)NCc1ccc(C)cc1SC.I. The summed E-state index contributed by atoms with van der Waals surface area (Å²) in [5.41, 5.74) is 3.55. The summed E-state index contributed by atoms with van der Waals surface area (Å²) in [5.74, 6) is 1.33. The van der Waals surface area contributed by atoms with Gasteiger partial charge >= 0.3 is 0 Å². The molecule has 2 rings (SSSR count). The van der Waals surface area contributed by atoms with Crippen LogP contribution in [0, 0.1) is 6.92 Å². The Hall–Kier alpha value is -1.94. The van der Waals surface area contributed by atoms with Crippen molar-refractivity contribution in [2.45, 2.75) is 24.9 Å². The van der Waals surface area contributed by atoms with Crippen LogP contribution in [0.2, 0.25) is 0 Å². The normalized spacial score (nSPS) is 10.8. The standard InChI is InChI=1S/C22H30N4O2S.HI/c1-16-9-10-18(20(11-16)29-5)14-25-22(23-2)24-13-17-7-6-8-19(12-17)28-15-21(27)26(3)4;/h6-12H,13-15H2,1-5H3,(H2,23,24,25);1H. The molecule has 0 saturated carbocycles. The second-order valence-electron chi connectivity index (χ2n) is 6.82. The number of guanidine groups is 1. The van der Waals surface area contributed by atoms with Crippen LogP contribution >= 0.6 is 35.7 Å². The molecule has 1 amide bonds. The van der Waals surface area contributed by atoms with E-state index in [4.69, 9.17) is 4.74 Å². The number of carbonyl (C=O) groups is 1. The van der Waals surface area contributed by atoms with Gasteiger partial charge in [0, 0.05) is 39.1 Å². The summed E-state index contributed by atoms with van der Waals surface area (Å²) in [5, 5.41) is 6.68. The van der Waals surface area contributed by atoms with Gasteiger partial charge in [-0.25, -0.2) is 0 Å². The number of thioether (sulfide) groups is 1. The molecule has 0 spiro atoms. The van der Waals surface area contributed by atoms with Gasteiger partial charge in [0.05, 0.1) is 0 Å². The smallest absolute Gasteiger partial charge is 0.259 e. The number of amides is 1. The molecular formula is C22H31IN4O2S. The molecule has 6 nitrogen and oxygen atoms in total. The van der Waals surface area contributed by atoms with E-state index in [-0.39, 0.29) is 36.5 Å². The lowest BCUT2D eigenvalue weighted by molar-refractivity contribution is -0.130. The van der Waals surface area contributed by atoms with E-state index >= 15 is 0 Å². The molecule has 0 aliphatic rings. The molecule has 0 atom stereocenters. The Labute approximate surface area is 200 Å². The van der Waals surface area contributed by atoms with Crippen molar-refractivity contribution in [3.8, 4) is 5.75 Å². The Kier molecular flexibility index (Phi) is 11.6. The Morgan fingerprint density at radius 2 is 1.87 bits per heavy atom. The topological polar surface area (TPSA) is 66.0 Å². The number of halogens is 1. The number of hydrogen-bond donors (Lipinski definition) is 2. The van der Waals surface area contributed by atoms with E-state index in [0.29, 0.717) is 18.8 Å². The van der Waals surface area contributed by atoms with Crippen molar-refractivity contribution in [3.63, 3.8) is 0 Å². The van der Waals surface area contributed by atoms with Gasteiger partial charge in [0.15, 0.2) is 12.6 Å². The number of hydrogen-bond acceptors (Lipinski definition) is 4. The minimum Gasteiger partial charge on any atom is -0.484 e. The zero-order valence-electron chi connectivity index (χ0n) is 18.2. The number of nitrogens with zero attached hydrogens (tertiary/aromatic N) is 2. The molecule has 0 fully saturated rings. The number of aliphatic imine (C=N–C) groups is 1. The van der Waals surface area contributed by atoms with Crippen molar-refractivity contribution >= 4 is 47.6 Å². The highest BCUT2D eigenvalue weighted by molar-refractivity contribution is 14.0. The maximum absolute atomic E-state index is 11.7. The number of benzene rings is 2. The number of nitrogens with one attached hydrogen (secondary N) is 2. The van der Waals surface area contributed by atoms with Crippen LogP contribution in [0.4, 0.5) is 0 Å². The van der Waals surface area contributed by atoms with Crippen molar-refractivity contribution in [1.82, 2.24) is 15.5 Å². The molecule has 0 aromatic heterocycles. The largest absolute Gasteiger partial charge is 0.484 e. The predicted octanol–water partition coefficient (Wildman–Crippen LogP) is 3.67. The van der Waals surface area contributed by atoms with Crippen LogP contribution in [0.5, 0.6) is 5.75 Å². The molecule has 0 aliphatic carbocycles. The third-order valence-electron chi connectivity index (χ3n) is 4.33. The van der Waals surface area contributed by atoms with E-state index in [1.54, 1.807) is 32.9 Å². The summed E-state index contributed by atoms with van der Waals surface area (Å²) in [6.07, 6.45) is 2.09. The van der Waals surface area contributed by atoms with Gasteiger partial charge in [-0.3, -0.25) is 9.79 Å². The van der Waals surface area contributed by atoms with Crippen LogP contribution in [0.1, 0.15) is 16.7 Å². The molecular weight excluding hydrogens is 511 g/mol. The summed E-state index contributed by atoms with van der Waals surface area (Å²) in [7, 11) is 5.18. The molecule has 8 heteroatoms. The van der Waals surface area contributed by atoms with E-state index in [9.17, 15) is 4.79 Å². The molecule has 30 heavy (non-hydrogen) atoms. The highest BCUT2D eigenvalue weighted by Gasteiger charge is 2.07. The van der Waals surface area contributed by atoms with Gasteiger partial charge in [-0.1, -0.05) is 24.3 Å². The first kappa shape index (κ1) is 26.1. The Bertz CT molecular complexity index is 859. The summed E-state index contributed by atoms with van der Waals surface area (Å²) in [6.45, 7) is 3.43. The third-order valence-corrected chi connectivity index (χ3v) is 5.15. The van der Waals surface area contributed by atoms with E-state index in [1.165, 1.54) is 20.9 Å². The van der Waals surface area contributed by atoms with Crippen molar-refractivity contribution in [2.75, 3.05) is 34.0 Å². The highest BCUT2D eigenvalue weighted by atomic mass is 127. The molecule has 0 saturated heterocycles. The van der Waals surface area contributed by atoms with Crippen LogP contribution in [-0.4, -0.2) is 50.8 Å². The molecule has 0 heterocycles. The van der Waals surface area contributed by atoms with Crippen molar-refractivity contribution in [1.29, 1.82) is 0 Å². The highest BCUT2D eigenvalue weighted by Crippen LogP contribution is 2.21. The Morgan fingerprint density at radius 3 is 2.53 bits per heavy atom. The zero-order valence-corrected chi connectivity index (χ0v) is 21.3. The average molecular weight is 542 g/mol. The van der Waals surface area contributed by atoms with Gasteiger partial charge in [-0.15, -0.1) is 35.7 Å². The van der Waals surface area contributed by atoms with E-state index in [2.05, 4.69) is 47.0 Å². The average Bonchev–Trinajstić information content (AvgIpc) is 2.73. The first-order valence-electron chi connectivity index (χ1n) is 9.43. The molecule has 2 aromatic rings. The maximum atomic E-state index is 11.7. The summed E-state index contributed by atoms with van der Waals surface area (Å²) >= 11 is 1.75. The molecule has 0 unspecified atom stereocenters. The maximum Gasteiger partial charge on any atom is 0.259 e. The minimum absolute atomic E-state index is 0. The van der Waals surface area contributed by atoms with Gasteiger partial charge in [0.25, 0.3) is 5.91 Å². The second-order valence-corrected chi connectivity index (χ2v) is 7.67. The van der Waals surface area contributed by atoms with Crippen molar-refractivity contribution in [3.05, 3.63) is 59.2 Å². The Morgan fingerprint density at radius 1 is 1.13 bits per heavy atom. The molecule has 2 N–H and O–H groups in total. The zero-order chi connectivity index (χ0) is 21.2. The van der Waals surface area contributed by atoms with Crippen LogP contribution in [0.3, 0.4) is 0 Å². The number of carbonyl (C=O) groups excluding carboxylic acids is 1. The van der Waals surface area contributed by atoms with Crippen molar-refractivity contribution < 1.29 is 9.53 Å². The van der Waals surface area contributed by atoms with Gasteiger partial charge in [-0.05, 0) is 48.1 Å². The van der Waals surface area contributed by atoms with Gasteiger partial charge in [0.2, 0.25) is 0 Å². The second kappa shape index (κ2) is 13.4. The van der Waals surface area contributed by atoms with Gasteiger partial charge < -0.3 is 20.3 Å². The lowest BCUT2D eigenvalue weighted by Gasteiger charge is -2.15. The van der Waals surface area contributed by atoms with Gasteiger partial charge in [0.1, 0.15) is 5.75 Å². The monoisotopic (exact) mass is 542 g/mol. The molecule has 0 bridgehead atoms. The van der Waals surface area contributed by atoms with Crippen molar-refractivity contribution in [2.24, 2.45) is 4.99 Å². The number of aryl methyl sites for hydroxylation is 1. The first-order chi connectivity index (χ1) is 13.9. The number of likely N-dealkylation sites (N-methyl/N-ethyl adjacent to an activating group) is 1. The fourth-order valence-electron chi connectivity index (χ4n) is 2.60. The molecule has 2 aromatic carbocycles. The summed E-state index contributed by atoms with van der Waals surface area (Å²) < 4.78 is 5.58. The first-order valence-corrected chi connectivity index (χ1v) is 10.7. The van der Waals surface area contributed by atoms with E-state index in [0.717, 1.165) is 11.5 Å². The summed E-state index contributed by atoms with van der Waals surface area (Å²) in [6, 6.07) is 14.2. The number of rotatable bonds is 8. The molecule has 164 valence electrons.